The van der Waals surface area contributed by atoms with Gasteiger partial charge in [0.15, 0.2) is 0 Å². The molecule has 6 nitrogen and oxygen atoms in total. The predicted molar refractivity (Wildman–Crippen MR) is 84.2 cm³/mol. The van der Waals surface area contributed by atoms with Crippen molar-refractivity contribution >= 4 is 11.9 Å². The highest BCUT2D eigenvalue weighted by Gasteiger charge is 1.90. The molecule has 21 heavy (non-hydrogen) atoms. The average Bonchev–Trinajstić information content (AvgIpc) is 2.30. The molecule has 4 N–H and O–H groups in total. The monoisotopic (exact) mass is 306 g/mol. The van der Waals surface area contributed by atoms with Gasteiger partial charge in [0.2, 0.25) is 0 Å². The quantitative estimate of drug-likeness (QED) is 0.593. The van der Waals surface area contributed by atoms with Crippen LogP contribution in [0.15, 0.2) is 24.3 Å². The van der Waals surface area contributed by atoms with Gasteiger partial charge >= 0.3 is 11.9 Å². The van der Waals surface area contributed by atoms with E-state index in [0.717, 1.165) is 0 Å². The zero-order chi connectivity index (χ0) is 18.0. The highest BCUT2D eigenvalue weighted by molar-refractivity contribution is 5.85. The van der Waals surface area contributed by atoms with Crippen molar-refractivity contribution in [3.63, 3.8) is 0 Å². The van der Waals surface area contributed by atoms with Gasteiger partial charge in [-0.1, -0.05) is 33.4 Å². The largest absolute Gasteiger partial charge is 0.478 e. The number of carboxylic acids is 2. The molecule has 1 atom stereocenters. The second-order valence-corrected chi connectivity index (χ2v) is 4.24. The Hall–Kier alpha value is -1.66. The van der Waals surface area contributed by atoms with E-state index in [2.05, 4.69) is 27.0 Å². The third kappa shape index (κ3) is 56.1. The van der Waals surface area contributed by atoms with E-state index < -0.39 is 11.9 Å². The molecule has 0 aromatic rings. The van der Waals surface area contributed by atoms with Crippen molar-refractivity contribution in [2.24, 2.45) is 0 Å². The van der Waals surface area contributed by atoms with Gasteiger partial charge in [-0.25, -0.2) is 9.59 Å². The van der Waals surface area contributed by atoms with Gasteiger partial charge < -0.3 is 20.4 Å². The number of hydrogen-bond donors (Lipinski definition) is 4. The van der Waals surface area contributed by atoms with Gasteiger partial charge in [0, 0.05) is 17.8 Å². The van der Waals surface area contributed by atoms with Crippen LogP contribution < -0.4 is 0 Å². The van der Waals surface area contributed by atoms with Crippen molar-refractivity contribution in [2.75, 3.05) is 6.61 Å². The summed E-state index contributed by atoms with van der Waals surface area (Å²) < 4.78 is 0. The van der Waals surface area contributed by atoms with Gasteiger partial charge in [-0.05, 0) is 27.2 Å². The van der Waals surface area contributed by atoms with Crippen molar-refractivity contribution in [3.05, 3.63) is 24.3 Å². The zero-order valence-electron chi connectivity index (χ0n) is 13.7. The average molecular weight is 306 g/mol. The Labute approximate surface area is 127 Å². The Morgan fingerprint density at radius 2 is 1.19 bits per heavy atom. The van der Waals surface area contributed by atoms with Crippen LogP contribution in [0.25, 0.3) is 0 Å². The number of carboxylic acid groups (broad SMARTS) is 2. The molecule has 0 aromatic heterocycles. The number of carbonyl (C=O) groups is 2. The van der Waals surface area contributed by atoms with Gasteiger partial charge in [-0.3, -0.25) is 0 Å². The van der Waals surface area contributed by atoms with E-state index in [1.165, 1.54) is 20.3 Å². The molecule has 1 unspecified atom stereocenters. The van der Waals surface area contributed by atoms with Gasteiger partial charge in [-0.2, -0.15) is 0 Å². The normalized spacial score (nSPS) is 9.29. The van der Waals surface area contributed by atoms with Crippen LogP contribution in [0.2, 0.25) is 0 Å². The molecule has 0 aliphatic carbocycles. The summed E-state index contributed by atoms with van der Waals surface area (Å²) in [5.74, 6) is -1.87. The van der Waals surface area contributed by atoms with E-state index in [9.17, 15) is 9.59 Å². The number of aliphatic carboxylic acids is 2. The van der Waals surface area contributed by atoms with Gasteiger partial charge in [0.05, 0.1) is 6.10 Å². The van der Waals surface area contributed by atoms with Crippen LogP contribution in [0, 0.1) is 0 Å². The van der Waals surface area contributed by atoms with Crippen LogP contribution in [0.3, 0.4) is 0 Å². The third-order valence-corrected chi connectivity index (χ3v) is 1.28. The molecule has 0 aromatic carbocycles. The van der Waals surface area contributed by atoms with Crippen LogP contribution >= 0.6 is 0 Å². The summed E-state index contributed by atoms with van der Waals surface area (Å²) in [6.45, 7) is 15.2. The lowest BCUT2D eigenvalue weighted by Gasteiger charge is -1.95. The molecular formula is C15H30O6. The van der Waals surface area contributed by atoms with Crippen molar-refractivity contribution in [1.29, 1.82) is 0 Å². The Kier molecular flexibility index (Phi) is 27.2. The van der Waals surface area contributed by atoms with Crippen LogP contribution in [-0.4, -0.2) is 45.1 Å². The molecule has 0 fully saturated rings. The highest BCUT2D eigenvalue weighted by atomic mass is 16.4. The summed E-state index contributed by atoms with van der Waals surface area (Å²) in [7, 11) is 0. The Morgan fingerprint density at radius 1 is 1.00 bits per heavy atom. The SMILES string of the molecule is C=C(C)C(=O)O.C=C(C)C(=O)O.CC(O)CCO.CCC. The van der Waals surface area contributed by atoms with Gasteiger partial charge in [0.1, 0.15) is 0 Å². The summed E-state index contributed by atoms with van der Waals surface area (Å²) in [5, 5.41) is 32.3. The molecule has 0 rings (SSSR count). The van der Waals surface area contributed by atoms with Crippen molar-refractivity contribution in [3.8, 4) is 0 Å². The van der Waals surface area contributed by atoms with E-state index in [4.69, 9.17) is 20.4 Å². The molecular weight excluding hydrogens is 276 g/mol. The van der Waals surface area contributed by atoms with E-state index in [1.807, 2.05) is 0 Å². The zero-order valence-corrected chi connectivity index (χ0v) is 13.7. The Balaban J connectivity index is -0.0000000944. The molecule has 0 heterocycles. The van der Waals surface area contributed by atoms with E-state index in [1.54, 1.807) is 6.92 Å². The summed E-state index contributed by atoms with van der Waals surface area (Å²) >= 11 is 0. The second-order valence-electron chi connectivity index (χ2n) is 4.24. The first kappa shape index (κ1) is 27.6. The minimum atomic E-state index is -0.935. The first-order chi connectivity index (χ1) is 9.47. The summed E-state index contributed by atoms with van der Waals surface area (Å²) in [4.78, 5) is 19.2. The molecule has 6 heteroatoms. The fourth-order valence-electron chi connectivity index (χ4n) is 0.187. The summed E-state index contributed by atoms with van der Waals surface area (Å²) in [5.41, 5.74) is 0.352. The third-order valence-electron chi connectivity index (χ3n) is 1.28. The van der Waals surface area contributed by atoms with E-state index in [-0.39, 0.29) is 23.9 Å². The van der Waals surface area contributed by atoms with Crippen LogP contribution in [0.5, 0.6) is 0 Å². The highest BCUT2D eigenvalue weighted by Crippen LogP contribution is 1.83. The Morgan fingerprint density at radius 3 is 1.19 bits per heavy atom. The first-order valence-electron chi connectivity index (χ1n) is 6.54. The number of aliphatic hydroxyl groups is 2. The second kappa shape index (κ2) is 20.7. The molecule has 0 bridgehead atoms. The summed E-state index contributed by atoms with van der Waals surface area (Å²) in [6, 6.07) is 0. The van der Waals surface area contributed by atoms with Crippen LogP contribution in [-0.2, 0) is 9.59 Å². The molecule has 0 spiro atoms. The van der Waals surface area contributed by atoms with E-state index >= 15 is 0 Å². The van der Waals surface area contributed by atoms with Gasteiger partial charge in [0.25, 0.3) is 0 Å². The predicted octanol–water partition coefficient (Wildman–Crippen LogP) is 2.46. The molecule has 0 saturated carbocycles. The fraction of sp³-hybridized carbons (Fsp3) is 0.600. The molecule has 126 valence electrons. The fourth-order valence-corrected chi connectivity index (χ4v) is 0.187. The van der Waals surface area contributed by atoms with Crippen molar-refractivity contribution < 1.29 is 30.0 Å². The van der Waals surface area contributed by atoms with Crippen molar-refractivity contribution in [2.45, 2.75) is 53.6 Å². The number of hydrogen-bond acceptors (Lipinski definition) is 4. The first-order valence-corrected chi connectivity index (χ1v) is 6.54. The molecule has 0 aliphatic heterocycles. The van der Waals surface area contributed by atoms with Crippen LogP contribution in [0.1, 0.15) is 47.5 Å². The minimum Gasteiger partial charge on any atom is -0.478 e. The molecule has 0 aliphatic rings. The lowest BCUT2D eigenvalue weighted by atomic mass is 10.3. The minimum absolute atomic E-state index is 0.0810. The molecule has 0 amide bonds. The van der Waals surface area contributed by atoms with Crippen LogP contribution in [0.4, 0.5) is 0 Å². The van der Waals surface area contributed by atoms with Gasteiger partial charge in [-0.15, -0.1) is 0 Å². The maximum Gasteiger partial charge on any atom is 0.330 e. The number of rotatable bonds is 4. The smallest absolute Gasteiger partial charge is 0.330 e. The lowest BCUT2D eigenvalue weighted by Crippen LogP contribution is -2.00. The standard InChI is InChI=1S/C4H10O2.2C4H6O2.C3H8/c1-4(6)2-3-5;2*1-3(2)4(5)6;1-3-2/h4-6H,2-3H2,1H3;2*1H2,2H3,(H,5,6);3H2,1-2H3. The lowest BCUT2D eigenvalue weighted by molar-refractivity contribution is -0.133. The summed E-state index contributed by atoms with van der Waals surface area (Å²) in [6.07, 6.45) is 1.38. The maximum atomic E-state index is 9.60. The topological polar surface area (TPSA) is 115 Å². The molecule has 0 radical (unpaired) electrons. The molecule has 0 saturated heterocycles. The van der Waals surface area contributed by atoms with Crippen molar-refractivity contribution in [1.82, 2.24) is 0 Å². The number of aliphatic hydroxyl groups excluding tert-OH is 2. The Bertz CT molecular complexity index is 247. The maximum absolute atomic E-state index is 9.60. The van der Waals surface area contributed by atoms with E-state index in [0.29, 0.717) is 6.42 Å².